The molecule has 1 aromatic rings. The molecule has 114 valence electrons. The molecule has 1 aliphatic rings. The van der Waals surface area contributed by atoms with E-state index in [0.29, 0.717) is 17.3 Å². The summed E-state index contributed by atoms with van der Waals surface area (Å²) in [6, 6.07) is 7.00. The number of hydrogen-bond acceptors (Lipinski definition) is 1. The molecule has 3 nitrogen and oxygen atoms in total. The molecule has 4 heteroatoms. The zero-order valence-corrected chi connectivity index (χ0v) is 13.6. The average Bonchev–Trinajstić information content (AvgIpc) is 2.38. The second-order valence-electron chi connectivity index (χ2n) is 6.89. The maximum absolute atomic E-state index is 12.0. The highest BCUT2D eigenvalue weighted by molar-refractivity contribution is 6.33. The lowest BCUT2D eigenvalue weighted by Gasteiger charge is -2.39. The molecule has 0 heterocycles. The molecule has 1 aromatic carbocycles. The van der Waals surface area contributed by atoms with Gasteiger partial charge in [-0.15, -0.1) is 0 Å². The molecule has 0 saturated carbocycles. The molecule has 2 amide bonds. The number of carbonyl (C=O) groups is 1. The maximum Gasteiger partial charge on any atom is 0.319 e. The number of hydrogen-bond donors (Lipinski definition) is 2. The van der Waals surface area contributed by atoms with Crippen LogP contribution < -0.4 is 10.6 Å². The van der Waals surface area contributed by atoms with Crippen LogP contribution >= 0.6 is 11.6 Å². The Labute approximate surface area is 131 Å². The maximum atomic E-state index is 12.0. The fourth-order valence-corrected chi connectivity index (χ4v) is 3.20. The Morgan fingerprint density at radius 3 is 2.67 bits per heavy atom. The molecule has 0 spiro atoms. The first-order chi connectivity index (χ1) is 9.80. The molecule has 2 rings (SSSR count). The predicted octanol–water partition coefficient (Wildman–Crippen LogP) is 4.84. The summed E-state index contributed by atoms with van der Waals surface area (Å²) in [6.07, 6.45) is 6.59. The lowest BCUT2D eigenvalue weighted by atomic mass is 9.68. The highest BCUT2D eigenvalue weighted by Crippen LogP contribution is 2.41. The van der Waals surface area contributed by atoms with Gasteiger partial charge in [-0.3, -0.25) is 0 Å². The highest BCUT2D eigenvalue weighted by atomic mass is 35.5. The van der Waals surface area contributed by atoms with E-state index in [2.05, 4.69) is 43.6 Å². The zero-order valence-electron chi connectivity index (χ0n) is 12.9. The van der Waals surface area contributed by atoms with E-state index in [1.54, 1.807) is 12.1 Å². The number of allylic oxidation sites excluding steroid dienone is 1. The van der Waals surface area contributed by atoms with Gasteiger partial charge in [0, 0.05) is 12.0 Å². The van der Waals surface area contributed by atoms with Crippen LogP contribution in [0.3, 0.4) is 0 Å². The fourth-order valence-electron chi connectivity index (χ4n) is 3.02. The number of amides is 2. The van der Waals surface area contributed by atoms with Crippen LogP contribution in [0.5, 0.6) is 0 Å². The number of carbonyl (C=O) groups excluding carboxylic acids is 1. The monoisotopic (exact) mass is 306 g/mol. The molecule has 0 aromatic heterocycles. The minimum absolute atomic E-state index is 0.000424. The van der Waals surface area contributed by atoms with Gasteiger partial charge in [-0.05, 0) is 30.4 Å². The number of urea groups is 1. The van der Waals surface area contributed by atoms with Gasteiger partial charge in [0.25, 0.3) is 0 Å². The second kappa shape index (κ2) is 6.10. The lowest BCUT2D eigenvalue weighted by molar-refractivity contribution is 0.199. The standard InChI is InChI=1S/C17H23ClN2O/c1-16(2)9-6-10-17(3,11-16)12-19-15(21)20-14-8-5-4-7-13(14)18/h4-8,10H,9,11-12H2,1-3H3,(H2,19,20,21). The van der Waals surface area contributed by atoms with Crippen LogP contribution in [0, 0.1) is 10.8 Å². The Kier molecular flexibility index (Phi) is 4.62. The van der Waals surface area contributed by atoms with E-state index in [0.717, 1.165) is 12.8 Å². The normalized spacial score (nSPS) is 23.6. The van der Waals surface area contributed by atoms with E-state index < -0.39 is 0 Å². The second-order valence-corrected chi connectivity index (χ2v) is 7.30. The molecular formula is C17H23ClN2O. The molecule has 1 atom stereocenters. The summed E-state index contributed by atoms with van der Waals surface area (Å²) in [5, 5.41) is 6.27. The smallest absolute Gasteiger partial charge is 0.319 e. The third-order valence-electron chi connectivity index (χ3n) is 3.85. The molecular weight excluding hydrogens is 284 g/mol. The quantitative estimate of drug-likeness (QED) is 0.770. The van der Waals surface area contributed by atoms with E-state index in [4.69, 9.17) is 11.6 Å². The number of halogens is 1. The topological polar surface area (TPSA) is 41.1 Å². The van der Waals surface area contributed by atoms with Crippen molar-refractivity contribution in [3.8, 4) is 0 Å². The Bertz CT molecular complexity index is 553. The minimum atomic E-state index is -0.221. The van der Waals surface area contributed by atoms with Gasteiger partial charge in [-0.1, -0.05) is 56.7 Å². The van der Waals surface area contributed by atoms with Crippen LogP contribution in [0.4, 0.5) is 10.5 Å². The van der Waals surface area contributed by atoms with E-state index in [1.807, 2.05) is 12.1 Å². The molecule has 21 heavy (non-hydrogen) atoms. The van der Waals surface area contributed by atoms with E-state index in [1.165, 1.54) is 0 Å². The van der Waals surface area contributed by atoms with Crippen molar-refractivity contribution in [2.75, 3.05) is 11.9 Å². The summed E-state index contributed by atoms with van der Waals surface area (Å²) in [5.41, 5.74) is 0.908. The Morgan fingerprint density at radius 1 is 1.29 bits per heavy atom. The van der Waals surface area contributed by atoms with Crippen LogP contribution in [-0.2, 0) is 0 Å². The van der Waals surface area contributed by atoms with Crippen molar-refractivity contribution in [3.63, 3.8) is 0 Å². The predicted molar refractivity (Wildman–Crippen MR) is 88.7 cm³/mol. The summed E-state index contributed by atoms with van der Waals surface area (Å²) in [4.78, 5) is 12.0. The third-order valence-corrected chi connectivity index (χ3v) is 4.18. The van der Waals surface area contributed by atoms with Crippen molar-refractivity contribution in [2.45, 2.75) is 33.6 Å². The number of para-hydroxylation sites is 1. The van der Waals surface area contributed by atoms with Gasteiger partial charge >= 0.3 is 6.03 Å². The van der Waals surface area contributed by atoms with Crippen molar-refractivity contribution >= 4 is 23.3 Å². The molecule has 1 unspecified atom stereocenters. The average molecular weight is 307 g/mol. The van der Waals surface area contributed by atoms with E-state index in [-0.39, 0.29) is 16.9 Å². The Balaban J connectivity index is 1.91. The van der Waals surface area contributed by atoms with Crippen LogP contribution in [0.25, 0.3) is 0 Å². The number of rotatable bonds is 3. The number of anilines is 1. The van der Waals surface area contributed by atoms with Gasteiger partial charge < -0.3 is 10.6 Å². The van der Waals surface area contributed by atoms with Gasteiger partial charge in [-0.2, -0.15) is 0 Å². The molecule has 2 N–H and O–H groups in total. The van der Waals surface area contributed by atoms with E-state index >= 15 is 0 Å². The van der Waals surface area contributed by atoms with Gasteiger partial charge in [0.1, 0.15) is 0 Å². The van der Waals surface area contributed by atoms with Crippen molar-refractivity contribution in [3.05, 3.63) is 41.4 Å². The summed E-state index contributed by atoms with van der Waals surface area (Å²) >= 11 is 6.03. The molecule has 0 saturated heterocycles. The first-order valence-corrected chi connectivity index (χ1v) is 7.65. The summed E-state index contributed by atoms with van der Waals surface area (Å²) < 4.78 is 0. The Morgan fingerprint density at radius 2 is 2.00 bits per heavy atom. The molecule has 0 aliphatic heterocycles. The largest absolute Gasteiger partial charge is 0.337 e. The van der Waals surface area contributed by atoms with Gasteiger partial charge in [0.05, 0.1) is 10.7 Å². The van der Waals surface area contributed by atoms with Crippen molar-refractivity contribution in [2.24, 2.45) is 10.8 Å². The highest BCUT2D eigenvalue weighted by Gasteiger charge is 2.33. The minimum Gasteiger partial charge on any atom is -0.337 e. The van der Waals surface area contributed by atoms with Crippen LogP contribution in [0.15, 0.2) is 36.4 Å². The summed E-state index contributed by atoms with van der Waals surface area (Å²) in [6.45, 7) is 7.32. The van der Waals surface area contributed by atoms with E-state index in [9.17, 15) is 4.79 Å². The number of nitrogens with one attached hydrogen (secondary N) is 2. The number of benzene rings is 1. The lowest BCUT2D eigenvalue weighted by Crippen LogP contribution is -2.40. The molecule has 0 bridgehead atoms. The van der Waals surface area contributed by atoms with Crippen molar-refractivity contribution in [1.82, 2.24) is 5.32 Å². The van der Waals surface area contributed by atoms with Crippen LogP contribution in [0.1, 0.15) is 33.6 Å². The van der Waals surface area contributed by atoms with Crippen LogP contribution in [0.2, 0.25) is 5.02 Å². The van der Waals surface area contributed by atoms with Gasteiger partial charge in [0.15, 0.2) is 0 Å². The SMILES string of the molecule is CC1(C)CC=CC(C)(CNC(=O)Nc2ccccc2Cl)C1. The first kappa shape index (κ1) is 15.9. The van der Waals surface area contributed by atoms with Gasteiger partial charge in [-0.25, -0.2) is 4.79 Å². The summed E-state index contributed by atoms with van der Waals surface area (Å²) in [7, 11) is 0. The molecule has 0 radical (unpaired) electrons. The van der Waals surface area contributed by atoms with Gasteiger partial charge in [0.2, 0.25) is 0 Å². The molecule has 1 aliphatic carbocycles. The van der Waals surface area contributed by atoms with Crippen LogP contribution in [-0.4, -0.2) is 12.6 Å². The fraction of sp³-hybridized carbons (Fsp3) is 0.471. The first-order valence-electron chi connectivity index (χ1n) is 7.27. The summed E-state index contributed by atoms with van der Waals surface area (Å²) in [5.74, 6) is 0. The molecule has 0 fully saturated rings. The third kappa shape index (κ3) is 4.50. The van der Waals surface area contributed by atoms with Crippen molar-refractivity contribution < 1.29 is 4.79 Å². The zero-order chi connectivity index (χ0) is 15.5. The Hall–Kier alpha value is -1.48. The van der Waals surface area contributed by atoms with Crippen molar-refractivity contribution in [1.29, 1.82) is 0 Å².